The third kappa shape index (κ3) is 8.76. The van der Waals surface area contributed by atoms with E-state index in [1.54, 1.807) is 21.6 Å². The smallest absolute Gasteiger partial charge is 0.114 e. The van der Waals surface area contributed by atoms with E-state index in [0.717, 1.165) is 19.4 Å². The van der Waals surface area contributed by atoms with Gasteiger partial charge in [0.2, 0.25) is 0 Å². The van der Waals surface area contributed by atoms with Crippen LogP contribution in [0.5, 0.6) is 0 Å². The van der Waals surface area contributed by atoms with Gasteiger partial charge in [-0.25, -0.2) is 0 Å². The van der Waals surface area contributed by atoms with Crippen LogP contribution in [0.15, 0.2) is 0 Å². The van der Waals surface area contributed by atoms with Gasteiger partial charge in [-0.15, -0.1) is 5.92 Å². The molecule has 0 aliphatic rings. The molecule has 0 spiro atoms. The summed E-state index contributed by atoms with van der Waals surface area (Å²) < 4.78 is 5.61. The van der Waals surface area contributed by atoms with E-state index in [4.69, 9.17) is 4.74 Å². The molecule has 0 aliphatic heterocycles. The van der Waals surface area contributed by atoms with Gasteiger partial charge in [-0.05, 0) is 39.6 Å². The summed E-state index contributed by atoms with van der Waals surface area (Å²) >= 11 is 0. The standard InChI is InChI=1S/C10H19NOS2/c1-4-5-9-12-10(14-13-3)7-6-8-11-2/h10-11H,6-9H2,1-3H3. The van der Waals surface area contributed by atoms with Gasteiger partial charge >= 0.3 is 0 Å². The Labute approximate surface area is 95.3 Å². The molecule has 1 atom stereocenters. The van der Waals surface area contributed by atoms with Crippen molar-refractivity contribution in [2.75, 3.05) is 26.5 Å². The molecule has 0 aliphatic carbocycles. The van der Waals surface area contributed by atoms with Crippen LogP contribution in [0, 0.1) is 11.8 Å². The molecule has 0 saturated heterocycles. The summed E-state index contributed by atoms with van der Waals surface area (Å²) in [6.45, 7) is 3.43. The van der Waals surface area contributed by atoms with Gasteiger partial charge in [0.1, 0.15) is 12.0 Å². The lowest BCUT2D eigenvalue weighted by Gasteiger charge is -2.13. The van der Waals surface area contributed by atoms with E-state index in [0.29, 0.717) is 6.61 Å². The zero-order valence-corrected chi connectivity index (χ0v) is 10.8. The lowest BCUT2D eigenvalue weighted by Crippen LogP contribution is -2.13. The van der Waals surface area contributed by atoms with Gasteiger partial charge in [-0.3, -0.25) is 0 Å². The normalized spacial score (nSPS) is 11.9. The van der Waals surface area contributed by atoms with Crippen molar-refractivity contribution in [2.45, 2.75) is 25.2 Å². The highest BCUT2D eigenvalue weighted by Crippen LogP contribution is 2.27. The van der Waals surface area contributed by atoms with Crippen molar-refractivity contribution in [3.05, 3.63) is 0 Å². The third-order valence-corrected chi connectivity index (χ3v) is 3.59. The Bertz CT molecular complexity index is 177. The van der Waals surface area contributed by atoms with Crippen LogP contribution in [0.4, 0.5) is 0 Å². The molecule has 2 nitrogen and oxygen atoms in total. The molecule has 82 valence electrons. The molecule has 0 heterocycles. The molecule has 0 bridgehead atoms. The highest BCUT2D eigenvalue weighted by Gasteiger charge is 2.07. The van der Waals surface area contributed by atoms with Gasteiger partial charge in [-0.2, -0.15) is 0 Å². The quantitative estimate of drug-likeness (QED) is 0.301. The SMILES string of the molecule is CC#CCOC(CCCNC)SSC. The maximum atomic E-state index is 5.61. The molecule has 0 saturated carbocycles. The van der Waals surface area contributed by atoms with Crippen LogP contribution in [0.1, 0.15) is 19.8 Å². The maximum absolute atomic E-state index is 5.61. The van der Waals surface area contributed by atoms with Gasteiger partial charge in [-0.1, -0.05) is 27.5 Å². The first-order chi connectivity index (χ1) is 6.85. The van der Waals surface area contributed by atoms with Crippen molar-refractivity contribution in [3.8, 4) is 11.8 Å². The van der Waals surface area contributed by atoms with Crippen molar-refractivity contribution >= 4 is 21.6 Å². The Kier molecular flexibility index (Phi) is 11.4. The Balaban J connectivity index is 3.57. The van der Waals surface area contributed by atoms with Gasteiger partial charge in [0.15, 0.2) is 0 Å². The Morgan fingerprint density at radius 3 is 2.86 bits per heavy atom. The Morgan fingerprint density at radius 1 is 1.50 bits per heavy atom. The second kappa shape index (κ2) is 11.3. The Morgan fingerprint density at radius 2 is 2.29 bits per heavy atom. The molecule has 0 aromatic heterocycles. The van der Waals surface area contributed by atoms with Crippen molar-refractivity contribution in [3.63, 3.8) is 0 Å². The second-order valence-corrected chi connectivity index (χ2v) is 5.30. The first-order valence-electron chi connectivity index (χ1n) is 4.70. The van der Waals surface area contributed by atoms with Crippen molar-refractivity contribution in [1.82, 2.24) is 5.32 Å². The molecule has 1 N–H and O–H groups in total. The summed E-state index contributed by atoms with van der Waals surface area (Å²) in [6, 6.07) is 0. The van der Waals surface area contributed by atoms with E-state index < -0.39 is 0 Å². The largest absolute Gasteiger partial charge is 0.354 e. The maximum Gasteiger partial charge on any atom is 0.114 e. The molecule has 0 fully saturated rings. The van der Waals surface area contributed by atoms with Gasteiger partial charge in [0.05, 0.1) is 0 Å². The van der Waals surface area contributed by atoms with Gasteiger partial charge in [0.25, 0.3) is 0 Å². The zero-order valence-electron chi connectivity index (χ0n) is 9.13. The molecule has 0 amide bonds. The molecule has 4 heteroatoms. The summed E-state index contributed by atoms with van der Waals surface area (Å²) in [4.78, 5) is 0. The first kappa shape index (κ1) is 14.2. The van der Waals surface area contributed by atoms with Crippen LogP contribution in [-0.2, 0) is 4.74 Å². The number of nitrogens with one attached hydrogen (secondary N) is 1. The average molecular weight is 233 g/mol. The van der Waals surface area contributed by atoms with E-state index >= 15 is 0 Å². The fraction of sp³-hybridized carbons (Fsp3) is 0.800. The highest BCUT2D eigenvalue weighted by atomic mass is 33.1. The van der Waals surface area contributed by atoms with E-state index in [-0.39, 0.29) is 5.44 Å². The summed E-state index contributed by atoms with van der Waals surface area (Å²) in [6.07, 6.45) is 4.30. The fourth-order valence-corrected chi connectivity index (χ4v) is 2.62. The average Bonchev–Trinajstić information content (AvgIpc) is 2.18. The van der Waals surface area contributed by atoms with Crippen LogP contribution in [0.3, 0.4) is 0 Å². The Hall–Kier alpha value is 0.180. The monoisotopic (exact) mass is 233 g/mol. The summed E-state index contributed by atoms with van der Waals surface area (Å²) in [5.41, 5.74) is 0.277. The summed E-state index contributed by atoms with van der Waals surface area (Å²) in [5.74, 6) is 5.75. The molecule has 1 unspecified atom stereocenters. The minimum Gasteiger partial charge on any atom is -0.354 e. The minimum atomic E-state index is 0.277. The molecule has 0 aromatic rings. The van der Waals surface area contributed by atoms with Gasteiger partial charge in [0, 0.05) is 0 Å². The molecule has 0 aromatic carbocycles. The van der Waals surface area contributed by atoms with Crippen LogP contribution < -0.4 is 5.32 Å². The summed E-state index contributed by atoms with van der Waals surface area (Å²) in [7, 11) is 5.50. The lowest BCUT2D eigenvalue weighted by atomic mass is 10.3. The molecule has 0 rings (SSSR count). The molecular weight excluding hydrogens is 214 g/mol. The topological polar surface area (TPSA) is 21.3 Å². The van der Waals surface area contributed by atoms with Crippen LogP contribution in [0.25, 0.3) is 0 Å². The van der Waals surface area contributed by atoms with Crippen LogP contribution in [-0.4, -0.2) is 31.9 Å². The van der Waals surface area contributed by atoms with Crippen molar-refractivity contribution in [1.29, 1.82) is 0 Å². The van der Waals surface area contributed by atoms with Gasteiger partial charge < -0.3 is 10.1 Å². The second-order valence-electron chi connectivity index (χ2n) is 2.68. The fourth-order valence-electron chi connectivity index (χ4n) is 0.919. The van der Waals surface area contributed by atoms with Crippen molar-refractivity contribution in [2.24, 2.45) is 0 Å². The highest BCUT2D eigenvalue weighted by molar-refractivity contribution is 8.76. The van der Waals surface area contributed by atoms with Crippen LogP contribution in [0.2, 0.25) is 0 Å². The van der Waals surface area contributed by atoms with E-state index in [1.165, 1.54) is 0 Å². The number of ether oxygens (including phenoxy) is 1. The number of hydrogen-bond acceptors (Lipinski definition) is 4. The predicted molar refractivity (Wildman–Crippen MR) is 67.5 cm³/mol. The number of rotatable bonds is 8. The van der Waals surface area contributed by atoms with E-state index in [2.05, 4.69) is 23.4 Å². The first-order valence-corrected chi connectivity index (χ1v) is 7.32. The lowest BCUT2D eigenvalue weighted by molar-refractivity contribution is 0.136. The zero-order chi connectivity index (χ0) is 10.6. The summed E-state index contributed by atoms with van der Waals surface area (Å²) in [5, 5.41) is 3.13. The molecular formula is C10H19NOS2. The van der Waals surface area contributed by atoms with E-state index in [1.807, 2.05) is 14.0 Å². The molecule has 14 heavy (non-hydrogen) atoms. The van der Waals surface area contributed by atoms with Crippen LogP contribution >= 0.6 is 21.6 Å². The number of hydrogen-bond donors (Lipinski definition) is 1. The predicted octanol–water partition coefficient (Wildman–Crippen LogP) is 2.36. The third-order valence-electron chi connectivity index (χ3n) is 1.59. The van der Waals surface area contributed by atoms with E-state index in [9.17, 15) is 0 Å². The minimum absolute atomic E-state index is 0.277. The van der Waals surface area contributed by atoms with Crippen molar-refractivity contribution < 1.29 is 4.74 Å². The molecule has 0 radical (unpaired) electrons.